The number of carbonyl (C=O) groups excluding carboxylic acids is 2. The fraction of sp³-hybridized carbons (Fsp3) is 0.769. The van der Waals surface area contributed by atoms with Gasteiger partial charge in [0.2, 0.25) is 5.91 Å². The third-order valence-electron chi connectivity index (χ3n) is 3.43. The number of carbonyl (C=O) groups is 3. The molecule has 0 aromatic carbocycles. The first-order valence-electron chi connectivity index (χ1n) is 6.82. The van der Waals surface area contributed by atoms with Gasteiger partial charge >= 0.3 is 11.9 Å². The first-order valence-corrected chi connectivity index (χ1v) is 6.82. The Morgan fingerprint density at radius 3 is 2.55 bits per heavy atom. The lowest BCUT2D eigenvalue weighted by Crippen LogP contribution is -2.42. The fourth-order valence-electron chi connectivity index (χ4n) is 2.22. The maximum absolute atomic E-state index is 11.8. The van der Waals surface area contributed by atoms with Gasteiger partial charge in [0.05, 0.1) is 7.11 Å². The number of ether oxygens (including phenoxy) is 1. The minimum atomic E-state index is -1.13. The summed E-state index contributed by atoms with van der Waals surface area (Å²) in [4.78, 5) is 33.9. The smallest absolute Gasteiger partial charge is 0.326 e. The molecule has 1 amide bonds. The third-order valence-corrected chi connectivity index (χ3v) is 3.43. The second-order valence-electron chi connectivity index (χ2n) is 4.97. The van der Waals surface area contributed by atoms with Gasteiger partial charge in [0.15, 0.2) is 0 Å². The molecule has 1 rings (SSSR count). The van der Waals surface area contributed by atoms with E-state index >= 15 is 0 Å². The number of rotatable bonds is 7. The van der Waals surface area contributed by atoms with Crippen LogP contribution in [0.15, 0.2) is 0 Å². The minimum absolute atomic E-state index is 0.0267. The topological polar surface area (TPSA) is 105 Å². The summed E-state index contributed by atoms with van der Waals surface area (Å²) in [5, 5.41) is 14.7. The van der Waals surface area contributed by atoms with Crippen molar-refractivity contribution in [2.24, 2.45) is 5.92 Å². The first-order chi connectivity index (χ1) is 9.52. The molecule has 1 saturated heterocycles. The molecular formula is C13H22N2O5. The number of hydrogen-bond donors (Lipinski definition) is 3. The summed E-state index contributed by atoms with van der Waals surface area (Å²) in [7, 11) is 1.24. The summed E-state index contributed by atoms with van der Waals surface area (Å²) in [5.41, 5.74) is 0. The molecule has 1 fully saturated rings. The Labute approximate surface area is 118 Å². The maximum atomic E-state index is 11.8. The molecule has 0 aromatic heterocycles. The van der Waals surface area contributed by atoms with Gasteiger partial charge in [0.25, 0.3) is 0 Å². The number of methoxy groups -OCH3 is 1. The average molecular weight is 286 g/mol. The predicted octanol–water partition coefficient (Wildman–Crippen LogP) is -0.101. The molecule has 114 valence electrons. The summed E-state index contributed by atoms with van der Waals surface area (Å²) in [6.07, 6.45) is 2.20. The van der Waals surface area contributed by atoms with Gasteiger partial charge in [-0.25, -0.2) is 4.79 Å². The zero-order valence-corrected chi connectivity index (χ0v) is 11.7. The highest BCUT2D eigenvalue weighted by Gasteiger charge is 2.23. The molecule has 3 N–H and O–H groups in total. The van der Waals surface area contributed by atoms with Crippen LogP contribution in [0, 0.1) is 5.92 Å². The van der Waals surface area contributed by atoms with Gasteiger partial charge in [-0.15, -0.1) is 0 Å². The molecule has 0 bridgehead atoms. The lowest BCUT2D eigenvalue weighted by Gasteiger charge is -2.23. The molecule has 0 unspecified atom stereocenters. The van der Waals surface area contributed by atoms with E-state index in [0.717, 1.165) is 25.9 Å². The van der Waals surface area contributed by atoms with Crippen molar-refractivity contribution in [1.82, 2.24) is 10.6 Å². The number of aliphatic carboxylic acids is 1. The van der Waals surface area contributed by atoms with Crippen LogP contribution in [0.2, 0.25) is 0 Å². The van der Waals surface area contributed by atoms with E-state index in [2.05, 4.69) is 15.4 Å². The van der Waals surface area contributed by atoms with Gasteiger partial charge in [0.1, 0.15) is 6.04 Å². The zero-order chi connectivity index (χ0) is 15.0. The second kappa shape index (κ2) is 8.52. The maximum Gasteiger partial charge on any atom is 0.326 e. The average Bonchev–Trinajstić information content (AvgIpc) is 2.43. The molecule has 0 saturated carbocycles. The van der Waals surface area contributed by atoms with Crippen LogP contribution >= 0.6 is 0 Å². The van der Waals surface area contributed by atoms with E-state index in [0.29, 0.717) is 12.3 Å². The molecule has 7 nitrogen and oxygen atoms in total. The normalized spacial score (nSPS) is 17.2. The van der Waals surface area contributed by atoms with E-state index in [9.17, 15) is 14.4 Å². The van der Waals surface area contributed by atoms with Crippen molar-refractivity contribution in [3.63, 3.8) is 0 Å². The van der Waals surface area contributed by atoms with Crippen LogP contribution in [-0.4, -0.2) is 49.2 Å². The Balaban J connectivity index is 2.37. The van der Waals surface area contributed by atoms with E-state index in [4.69, 9.17) is 5.11 Å². The standard InChI is InChI=1S/C13H22N2O5/c1-20-12(17)3-2-10(13(18)19)15-11(16)8-9-4-6-14-7-5-9/h9-10,14H,2-8H2,1H3,(H,15,16)(H,18,19)/t10-/m1/s1. The molecule has 0 radical (unpaired) electrons. The molecule has 1 aliphatic rings. The molecule has 0 aliphatic carbocycles. The Bertz CT molecular complexity index is 353. The van der Waals surface area contributed by atoms with Gasteiger partial charge in [-0.3, -0.25) is 9.59 Å². The number of esters is 1. The Morgan fingerprint density at radius 2 is 2.00 bits per heavy atom. The third kappa shape index (κ3) is 6.01. The highest BCUT2D eigenvalue weighted by atomic mass is 16.5. The Morgan fingerprint density at radius 1 is 1.35 bits per heavy atom. The largest absolute Gasteiger partial charge is 0.480 e. The second-order valence-corrected chi connectivity index (χ2v) is 4.97. The van der Waals surface area contributed by atoms with Crippen LogP contribution < -0.4 is 10.6 Å². The highest BCUT2D eigenvalue weighted by Crippen LogP contribution is 2.15. The highest BCUT2D eigenvalue weighted by molar-refractivity contribution is 5.84. The van der Waals surface area contributed by atoms with Crippen molar-refractivity contribution in [2.75, 3.05) is 20.2 Å². The summed E-state index contributed by atoms with van der Waals surface area (Å²) in [5.74, 6) is -1.59. The van der Waals surface area contributed by atoms with Crippen LogP contribution in [0.4, 0.5) is 0 Å². The molecule has 7 heteroatoms. The fourth-order valence-corrected chi connectivity index (χ4v) is 2.22. The summed E-state index contributed by atoms with van der Waals surface area (Å²) >= 11 is 0. The van der Waals surface area contributed by atoms with Crippen LogP contribution in [0.25, 0.3) is 0 Å². The van der Waals surface area contributed by atoms with Gasteiger partial charge in [-0.1, -0.05) is 0 Å². The van der Waals surface area contributed by atoms with Crippen LogP contribution in [0.5, 0.6) is 0 Å². The van der Waals surface area contributed by atoms with Crippen LogP contribution in [-0.2, 0) is 19.1 Å². The molecule has 1 atom stereocenters. The molecule has 1 heterocycles. The first kappa shape index (κ1) is 16.4. The van der Waals surface area contributed by atoms with Crippen molar-refractivity contribution in [3.8, 4) is 0 Å². The van der Waals surface area contributed by atoms with Crippen LogP contribution in [0.1, 0.15) is 32.1 Å². The number of piperidine rings is 1. The number of hydrogen-bond acceptors (Lipinski definition) is 5. The molecule has 0 spiro atoms. The number of carboxylic acid groups (broad SMARTS) is 1. The Hall–Kier alpha value is -1.63. The van der Waals surface area contributed by atoms with E-state index in [1.165, 1.54) is 7.11 Å². The minimum Gasteiger partial charge on any atom is -0.480 e. The number of carboxylic acids is 1. The molecular weight excluding hydrogens is 264 g/mol. The van der Waals surface area contributed by atoms with Crippen molar-refractivity contribution in [1.29, 1.82) is 0 Å². The summed E-state index contributed by atoms with van der Waals surface area (Å²) < 4.78 is 4.46. The van der Waals surface area contributed by atoms with Gasteiger partial charge < -0.3 is 20.5 Å². The Kier molecular flexibility index (Phi) is 7.00. The summed E-state index contributed by atoms with van der Waals surface area (Å²) in [6.45, 7) is 1.78. The quantitative estimate of drug-likeness (QED) is 0.564. The lowest BCUT2D eigenvalue weighted by atomic mass is 9.94. The predicted molar refractivity (Wildman–Crippen MR) is 71.0 cm³/mol. The van der Waals surface area contributed by atoms with Crippen molar-refractivity contribution in [3.05, 3.63) is 0 Å². The van der Waals surface area contributed by atoms with Crippen molar-refractivity contribution in [2.45, 2.75) is 38.1 Å². The van der Waals surface area contributed by atoms with E-state index in [1.807, 2.05) is 0 Å². The van der Waals surface area contributed by atoms with E-state index in [1.54, 1.807) is 0 Å². The molecule has 20 heavy (non-hydrogen) atoms. The van der Waals surface area contributed by atoms with Gasteiger partial charge in [-0.05, 0) is 38.3 Å². The van der Waals surface area contributed by atoms with E-state index in [-0.39, 0.29) is 18.7 Å². The monoisotopic (exact) mass is 286 g/mol. The van der Waals surface area contributed by atoms with Crippen molar-refractivity contribution < 1.29 is 24.2 Å². The lowest BCUT2D eigenvalue weighted by molar-refractivity contribution is -0.144. The van der Waals surface area contributed by atoms with Crippen LogP contribution in [0.3, 0.4) is 0 Å². The SMILES string of the molecule is COC(=O)CC[C@@H](NC(=O)CC1CCNCC1)C(=O)O. The van der Waals surface area contributed by atoms with Gasteiger partial charge in [0, 0.05) is 12.8 Å². The summed E-state index contributed by atoms with van der Waals surface area (Å²) in [6, 6.07) is -1.04. The van der Waals surface area contributed by atoms with E-state index < -0.39 is 18.0 Å². The number of amides is 1. The van der Waals surface area contributed by atoms with Crippen molar-refractivity contribution >= 4 is 17.8 Å². The van der Waals surface area contributed by atoms with Gasteiger partial charge in [-0.2, -0.15) is 0 Å². The zero-order valence-electron chi connectivity index (χ0n) is 11.7. The molecule has 0 aromatic rings. The number of nitrogens with one attached hydrogen (secondary N) is 2. The molecule has 1 aliphatic heterocycles.